The van der Waals surface area contributed by atoms with E-state index in [4.69, 9.17) is 4.74 Å². The molecule has 1 aliphatic carbocycles. The number of benzene rings is 2. The number of rotatable bonds is 7. The maximum absolute atomic E-state index is 14.0. The van der Waals surface area contributed by atoms with Crippen LogP contribution in [0.1, 0.15) is 67.6 Å². The van der Waals surface area contributed by atoms with Gasteiger partial charge in [-0.3, -0.25) is 9.59 Å². The molecule has 1 aliphatic heterocycles. The van der Waals surface area contributed by atoms with Crippen molar-refractivity contribution in [2.24, 2.45) is 5.92 Å². The summed E-state index contributed by atoms with van der Waals surface area (Å²) in [4.78, 5) is 32.0. The van der Waals surface area contributed by atoms with Crippen LogP contribution in [0, 0.1) is 12.8 Å². The van der Waals surface area contributed by atoms with Gasteiger partial charge in [-0.15, -0.1) is 0 Å². The van der Waals surface area contributed by atoms with Crippen molar-refractivity contribution >= 4 is 16.8 Å². The number of hydrogen-bond donors (Lipinski definition) is 2. The maximum Gasteiger partial charge on any atom is 0.253 e. The Morgan fingerprint density at radius 3 is 2.54 bits per heavy atom. The van der Waals surface area contributed by atoms with Crippen LogP contribution in [0.15, 0.2) is 59.4 Å². The molecule has 1 aromatic heterocycles. The third-order valence-electron chi connectivity index (χ3n) is 8.32. The number of aromatic nitrogens is 1. The Morgan fingerprint density at radius 2 is 1.81 bits per heavy atom. The minimum atomic E-state index is -0.975. The number of ether oxygens (including phenoxy) is 1. The molecule has 0 spiro atoms. The molecule has 1 amide bonds. The number of carbonyl (C=O) groups is 1. The molecule has 1 atom stereocenters. The lowest BCUT2D eigenvalue weighted by Gasteiger charge is -2.42. The molecular formula is C31H38N2O4. The fraction of sp³-hybridized carbons (Fsp3) is 0.484. The Balaban J connectivity index is 1.52. The van der Waals surface area contributed by atoms with E-state index in [1.165, 1.54) is 6.42 Å². The summed E-state index contributed by atoms with van der Waals surface area (Å²) in [5.74, 6) is -0.205. The van der Waals surface area contributed by atoms with Gasteiger partial charge in [0.1, 0.15) is 0 Å². The summed E-state index contributed by atoms with van der Waals surface area (Å²) in [6.45, 7) is 3.62. The first kappa shape index (κ1) is 25.7. The minimum Gasteiger partial charge on any atom is -0.389 e. The van der Waals surface area contributed by atoms with Crippen molar-refractivity contribution in [3.05, 3.63) is 81.6 Å². The second kappa shape index (κ2) is 11.2. The molecule has 2 heterocycles. The van der Waals surface area contributed by atoms with Crippen LogP contribution in [0.5, 0.6) is 0 Å². The number of hydrogen-bond acceptors (Lipinski definition) is 4. The van der Waals surface area contributed by atoms with Gasteiger partial charge in [-0.05, 0) is 48.9 Å². The predicted molar refractivity (Wildman–Crippen MR) is 145 cm³/mol. The van der Waals surface area contributed by atoms with E-state index in [0.29, 0.717) is 38.2 Å². The Hall–Kier alpha value is -2.96. The Bertz CT molecular complexity index is 1270. The van der Waals surface area contributed by atoms with Crippen molar-refractivity contribution in [1.29, 1.82) is 0 Å². The highest BCUT2D eigenvalue weighted by atomic mass is 16.5. The molecule has 37 heavy (non-hydrogen) atoms. The van der Waals surface area contributed by atoms with Crippen LogP contribution >= 0.6 is 0 Å². The third kappa shape index (κ3) is 5.81. The number of aromatic amines is 1. The summed E-state index contributed by atoms with van der Waals surface area (Å²) in [5, 5.41) is 12.8. The van der Waals surface area contributed by atoms with Gasteiger partial charge in [0.15, 0.2) is 0 Å². The number of carbonyl (C=O) groups excluding carboxylic acids is 1. The predicted octanol–water partition coefficient (Wildman–Crippen LogP) is 5.07. The van der Waals surface area contributed by atoms with Gasteiger partial charge in [0.05, 0.1) is 12.1 Å². The maximum atomic E-state index is 14.0. The number of amides is 1. The molecule has 1 unspecified atom stereocenters. The van der Waals surface area contributed by atoms with Crippen LogP contribution in [-0.2, 0) is 16.1 Å². The largest absolute Gasteiger partial charge is 0.389 e. The van der Waals surface area contributed by atoms with E-state index in [9.17, 15) is 14.7 Å². The topological polar surface area (TPSA) is 82.6 Å². The van der Waals surface area contributed by atoms with Crippen molar-refractivity contribution in [2.45, 2.75) is 69.9 Å². The number of nitrogens with one attached hydrogen (secondary N) is 1. The standard InChI is InChI=1S/C31H38N2O4/c1-22-12-13-28-25(18-22)19-26(29(34)32-28)20-33(30(35)24-10-6-3-7-11-24)21-27(23-8-4-2-5-9-23)31(36)14-16-37-17-15-31/h2,4-5,8-9,12-13,18-19,24,27,36H,3,6-7,10-11,14-17,20-21H2,1H3,(H,32,34). The zero-order valence-corrected chi connectivity index (χ0v) is 21.7. The molecule has 0 bridgehead atoms. The van der Waals surface area contributed by atoms with Crippen LogP contribution in [0.25, 0.3) is 10.9 Å². The monoisotopic (exact) mass is 502 g/mol. The summed E-state index contributed by atoms with van der Waals surface area (Å²) >= 11 is 0. The van der Waals surface area contributed by atoms with Crippen molar-refractivity contribution in [2.75, 3.05) is 19.8 Å². The molecule has 1 saturated heterocycles. The van der Waals surface area contributed by atoms with E-state index in [2.05, 4.69) is 11.1 Å². The molecule has 1 saturated carbocycles. The lowest BCUT2D eigenvalue weighted by atomic mass is 9.76. The minimum absolute atomic E-state index is 0.0312. The van der Waals surface area contributed by atoms with Crippen molar-refractivity contribution < 1.29 is 14.6 Å². The fourth-order valence-corrected chi connectivity index (χ4v) is 6.10. The molecule has 6 nitrogen and oxygen atoms in total. The highest BCUT2D eigenvalue weighted by molar-refractivity contribution is 5.81. The van der Waals surface area contributed by atoms with E-state index < -0.39 is 5.60 Å². The quantitative estimate of drug-likeness (QED) is 0.473. The van der Waals surface area contributed by atoms with E-state index in [1.54, 1.807) is 0 Å². The van der Waals surface area contributed by atoms with Gasteiger partial charge in [-0.1, -0.05) is 61.2 Å². The van der Waals surface area contributed by atoms with Gasteiger partial charge in [0, 0.05) is 55.5 Å². The summed E-state index contributed by atoms with van der Waals surface area (Å²) in [7, 11) is 0. The Kier molecular flexibility index (Phi) is 7.77. The Morgan fingerprint density at radius 1 is 1.08 bits per heavy atom. The van der Waals surface area contributed by atoms with Crippen molar-refractivity contribution in [3.63, 3.8) is 0 Å². The first-order valence-electron chi connectivity index (χ1n) is 13.7. The fourth-order valence-electron chi connectivity index (χ4n) is 6.10. The summed E-state index contributed by atoms with van der Waals surface area (Å²) in [5.41, 5.74) is 2.36. The van der Waals surface area contributed by atoms with Gasteiger partial charge in [-0.2, -0.15) is 0 Å². The Labute approximate surface area is 218 Å². The van der Waals surface area contributed by atoms with Crippen LogP contribution in [-0.4, -0.2) is 46.3 Å². The smallest absolute Gasteiger partial charge is 0.253 e. The molecule has 3 aromatic rings. The summed E-state index contributed by atoms with van der Waals surface area (Å²) in [6.07, 6.45) is 6.10. The zero-order chi connectivity index (χ0) is 25.8. The van der Waals surface area contributed by atoms with E-state index in [1.807, 2.05) is 60.4 Å². The molecule has 2 aromatic carbocycles. The summed E-state index contributed by atoms with van der Waals surface area (Å²) < 4.78 is 5.57. The SMILES string of the molecule is Cc1ccc2[nH]c(=O)c(CN(CC(c3ccccc3)C3(O)CCOCC3)C(=O)C3CCCCC3)cc2c1. The van der Waals surface area contributed by atoms with Gasteiger partial charge >= 0.3 is 0 Å². The molecule has 2 fully saturated rings. The van der Waals surface area contributed by atoms with Gasteiger partial charge in [-0.25, -0.2) is 0 Å². The van der Waals surface area contributed by atoms with Crippen molar-refractivity contribution in [1.82, 2.24) is 9.88 Å². The lowest BCUT2D eigenvalue weighted by molar-refractivity contribution is -0.139. The molecule has 2 N–H and O–H groups in total. The average molecular weight is 503 g/mol. The van der Waals surface area contributed by atoms with Gasteiger partial charge in [0.25, 0.3) is 5.56 Å². The van der Waals surface area contributed by atoms with Crippen LogP contribution in [0.4, 0.5) is 0 Å². The normalized spacial score (nSPS) is 19.0. The summed E-state index contributed by atoms with van der Waals surface area (Å²) in [6, 6.07) is 17.9. The second-order valence-corrected chi connectivity index (χ2v) is 10.9. The molecular weight excluding hydrogens is 464 g/mol. The first-order valence-corrected chi connectivity index (χ1v) is 13.7. The number of nitrogens with zero attached hydrogens (tertiary/aromatic N) is 1. The molecule has 0 radical (unpaired) electrons. The van der Waals surface area contributed by atoms with E-state index in [-0.39, 0.29) is 29.8 Å². The van der Waals surface area contributed by atoms with Crippen LogP contribution in [0.2, 0.25) is 0 Å². The third-order valence-corrected chi connectivity index (χ3v) is 8.32. The molecule has 5 rings (SSSR count). The number of fused-ring (bicyclic) bond motifs is 1. The molecule has 196 valence electrons. The second-order valence-electron chi connectivity index (χ2n) is 10.9. The highest BCUT2D eigenvalue weighted by Crippen LogP contribution is 2.38. The number of aryl methyl sites for hydroxylation is 1. The van der Waals surface area contributed by atoms with Crippen molar-refractivity contribution in [3.8, 4) is 0 Å². The van der Waals surface area contributed by atoms with Crippen LogP contribution < -0.4 is 5.56 Å². The number of pyridine rings is 1. The van der Waals surface area contributed by atoms with Gasteiger partial charge < -0.3 is 19.7 Å². The highest BCUT2D eigenvalue weighted by Gasteiger charge is 2.41. The van der Waals surface area contributed by atoms with E-state index >= 15 is 0 Å². The number of H-pyrrole nitrogens is 1. The van der Waals surface area contributed by atoms with Gasteiger partial charge in [0.2, 0.25) is 5.91 Å². The number of aliphatic hydroxyl groups is 1. The molecule has 2 aliphatic rings. The average Bonchev–Trinajstić information content (AvgIpc) is 2.92. The zero-order valence-electron chi connectivity index (χ0n) is 21.7. The van der Waals surface area contributed by atoms with Crippen LogP contribution in [0.3, 0.4) is 0 Å². The first-order chi connectivity index (χ1) is 17.9. The lowest BCUT2D eigenvalue weighted by Crippen LogP contribution is -2.49. The molecule has 6 heteroatoms. The van der Waals surface area contributed by atoms with E-state index in [0.717, 1.165) is 47.7 Å².